The highest BCUT2D eigenvalue weighted by atomic mass is 16.5. The van der Waals surface area contributed by atoms with Crippen molar-refractivity contribution in [3.8, 4) is 0 Å². The zero-order valence-corrected chi connectivity index (χ0v) is 8.41. The van der Waals surface area contributed by atoms with Gasteiger partial charge in [-0.25, -0.2) is 0 Å². The van der Waals surface area contributed by atoms with Gasteiger partial charge in [0, 0.05) is 0 Å². The number of hydrogen-bond acceptors (Lipinski definition) is 2. The molecule has 0 radical (unpaired) electrons. The van der Waals surface area contributed by atoms with Gasteiger partial charge in [0.1, 0.15) is 11.9 Å². The molecule has 0 saturated heterocycles. The van der Waals surface area contributed by atoms with Crippen molar-refractivity contribution >= 4 is 0 Å². The van der Waals surface area contributed by atoms with Crippen molar-refractivity contribution in [2.45, 2.75) is 26.9 Å². The Morgan fingerprint density at radius 3 is 2.92 bits per heavy atom. The predicted molar refractivity (Wildman–Crippen MR) is 52.5 cm³/mol. The molecule has 0 spiro atoms. The molecule has 1 aromatic rings. The van der Waals surface area contributed by atoms with Gasteiger partial charge in [0.25, 0.3) is 0 Å². The zero-order valence-electron chi connectivity index (χ0n) is 8.41. The van der Waals surface area contributed by atoms with Crippen molar-refractivity contribution in [1.29, 1.82) is 0 Å². The SMILES string of the molecule is CC(C)=CCO[C@@H](C)c1ccco1. The van der Waals surface area contributed by atoms with Crippen LogP contribution in [0, 0.1) is 0 Å². The Kier molecular flexibility index (Phi) is 3.77. The standard InChI is InChI=1S/C11H16O2/c1-9(2)6-8-12-10(3)11-5-4-7-13-11/h4-7,10H,8H2,1-3H3/t10-/m0/s1. The molecule has 0 N–H and O–H groups in total. The molecule has 0 fully saturated rings. The Morgan fingerprint density at radius 1 is 1.62 bits per heavy atom. The molecule has 0 amide bonds. The first kappa shape index (κ1) is 10.1. The van der Waals surface area contributed by atoms with Gasteiger partial charge in [0.2, 0.25) is 0 Å². The first-order chi connectivity index (χ1) is 6.20. The van der Waals surface area contributed by atoms with Crippen molar-refractivity contribution in [3.05, 3.63) is 35.8 Å². The summed E-state index contributed by atoms with van der Waals surface area (Å²) in [6.07, 6.45) is 3.75. The predicted octanol–water partition coefficient (Wildman–Crippen LogP) is 3.32. The molecular formula is C11H16O2. The van der Waals surface area contributed by atoms with Crippen LogP contribution in [0.2, 0.25) is 0 Å². The number of ether oxygens (including phenoxy) is 1. The Morgan fingerprint density at radius 2 is 2.38 bits per heavy atom. The summed E-state index contributed by atoms with van der Waals surface area (Å²) < 4.78 is 10.7. The van der Waals surface area contributed by atoms with E-state index in [1.807, 2.05) is 19.1 Å². The molecule has 72 valence electrons. The fraction of sp³-hybridized carbons (Fsp3) is 0.455. The van der Waals surface area contributed by atoms with Crippen molar-refractivity contribution < 1.29 is 9.15 Å². The second-order valence-electron chi connectivity index (χ2n) is 3.27. The maximum atomic E-state index is 5.53. The molecule has 0 aliphatic rings. The highest BCUT2D eigenvalue weighted by molar-refractivity contribution is 5.01. The van der Waals surface area contributed by atoms with Crippen LogP contribution in [0.25, 0.3) is 0 Å². The van der Waals surface area contributed by atoms with E-state index in [9.17, 15) is 0 Å². The average Bonchev–Trinajstić information content (AvgIpc) is 2.55. The lowest BCUT2D eigenvalue weighted by molar-refractivity contribution is 0.0713. The molecular weight excluding hydrogens is 164 g/mol. The van der Waals surface area contributed by atoms with Crippen molar-refractivity contribution in [3.63, 3.8) is 0 Å². The summed E-state index contributed by atoms with van der Waals surface area (Å²) in [6.45, 7) is 6.74. The van der Waals surface area contributed by atoms with Gasteiger partial charge < -0.3 is 9.15 Å². The number of furan rings is 1. The number of hydrogen-bond donors (Lipinski definition) is 0. The van der Waals surface area contributed by atoms with Gasteiger partial charge in [-0.3, -0.25) is 0 Å². The normalized spacial score (nSPS) is 12.5. The largest absolute Gasteiger partial charge is 0.467 e. The molecule has 0 aliphatic heterocycles. The summed E-state index contributed by atoms with van der Waals surface area (Å²) >= 11 is 0. The summed E-state index contributed by atoms with van der Waals surface area (Å²) in [6, 6.07) is 3.79. The summed E-state index contributed by atoms with van der Waals surface area (Å²) in [4.78, 5) is 0. The lowest BCUT2D eigenvalue weighted by Crippen LogP contribution is -1.98. The van der Waals surface area contributed by atoms with Gasteiger partial charge in [-0.05, 0) is 32.9 Å². The van der Waals surface area contributed by atoms with Gasteiger partial charge in [-0.1, -0.05) is 11.6 Å². The van der Waals surface area contributed by atoms with Crippen LogP contribution < -0.4 is 0 Å². The van der Waals surface area contributed by atoms with Gasteiger partial charge in [-0.15, -0.1) is 0 Å². The molecule has 0 aliphatic carbocycles. The number of allylic oxidation sites excluding steroid dienone is 1. The molecule has 1 rings (SSSR count). The minimum absolute atomic E-state index is 0.0330. The van der Waals surface area contributed by atoms with E-state index in [-0.39, 0.29) is 6.10 Å². The Labute approximate surface area is 79.2 Å². The van der Waals surface area contributed by atoms with E-state index in [0.29, 0.717) is 6.61 Å². The molecule has 0 saturated carbocycles. The fourth-order valence-corrected chi connectivity index (χ4v) is 0.964. The molecule has 0 unspecified atom stereocenters. The lowest BCUT2D eigenvalue weighted by Gasteiger charge is -2.08. The monoisotopic (exact) mass is 180 g/mol. The fourth-order valence-electron chi connectivity index (χ4n) is 0.964. The third-order valence-electron chi connectivity index (χ3n) is 1.78. The molecule has 0 bridgehead atoms. The summed E-state index contributed by atoms with van der Waals surface area (Å²) in [5, 5.41) is 0. The Hall–Kier alpha value is -1.02. The van der Waals surface area contributed by atoms with Crippen LogP contribution in [0.3, 0.4) is 0 Å². The van der Waals surface area contributed by atoms with Crippen LogP contribution in [0.15, 0.2) is 34.5 Å². The van der Waals surface area contributed by atoms with Crippen LogP contribution in [0.5, 0.6) is 0 Å². The van der Waals surface area contributed by atoms with Crippen molar-refractivity contribution in [1.82, 2.24) is 0 Å². The third kappa shape index (κ3) is 3.47. The van der Waals surface area contributed by atoms with E-state index in [1.165, 1.54) is 5.57 Å². The molecule has 2 nitrogen and oxygen atoms in total. The Bertz CT molecular complexity index is 256. The molecule has 1 heterocycles. The molecule has 1 atom stereocenters. The second-order valence-corrected chi connectivity index (χ2v) is 3.27. The minimum atomic E-state index is 0.0330. The van der Waals surface area contributed by atoms with Gasteiger partial charge in [0.05, 0.1) is 12.9 Å². The average molecular weight is 180 g/mol. The van der Waals surface area contributed by atoms with Crippen LogP contribution in [-0.2, 0) is 4.74 Å². The van der Waals surface area contributed by atoms with Crippen LogP contribution in [-0.4, -0.2) is 6.61 Å². The van der Waals surface area contributed by atoms with E-state index in [1.54, 1.807) is 6.26 Å². The van der Waals surface area contributed by atoms with Gasteiger partial charge >= 0.3 is 0 Å². The maximum absolute atomic E-state index is 5.53. The molecule has 0 aromatic carbocycles. The zero-order chi connectivity index (χ0) is 9.68. The summed E-state index contributed by atoms with van der Waals surface area (Å²) in [5.41, 5.74) is 1.27. The summed E-state index contributed by atoms with van der Waals surface area (Å²) in [7, 11) is 0. The van der Waals surface area contributed by atoms with E-state index in [4.69, 9.17) is 9.15 Å². The third-order valence-corrected chi connectivity index (χ3v) is 1.78. The van der Waals surface area contributed by atoms with Crippen LogP contribution >= 0.6 is 0 Å². The first-order valence-electron chi connectivity index (χ1n) is 4.48. The molecule has 1 aromatic heterocycles. The smallest absolute Gasteiger partial charge is 0.132 e. The van der Waals surface area contributed by atoms with E-state index >= 15 is 0 Å². The van der Waals surface area contributed by atoms with Crippen molar-refractivity contribution in [2.75, 3.05) is 6.61 Å². The Balaban J connectivity index is 2.34. The highest BCUT2D eigenvalue weighted by Crippen LogP contribution is 2.16. The van der Waals surface area contributed by atoms with E-state index in [0.717, 1.165) is 5.76 Å². The second kappa shape index (κ2) is 4.87. The lowest BCUT2D eigenvalue weighted by atomic mass is 10.3. The van der Waals surface area contributed by atoms with Gasteiger partial charge in [0.15, 0.2) is 0 Å². The van der Waals surface area contributed by atoms with Crippen LogP contribution in [0.1, 0.15) is 32.6 Å². The van der Waals surface area contributed by atoms with E-state index < -0.39 is 0 Å². The maximum Gasteiger partial charge on any atom is 0.132 e. The molecule has 2 heteroatoms. The van der Waals surface area contributed by atoms with Crippen molar-refractivity contribution in [2.24, 2.45) is 0 Å². The minimum Gasteiger partial charge on any atom is -0.467 e. The van der Waals surface area contributed by atoms with E-state index in [2.05, 4.69) is 19.9 Å². The molecule has 13 heavy (non-hydrogen) atoms. The topological polar surface area (TPSA) is 22.4 Å². The van der Waals surface area contributed by atoms with Crippen LogP contribution in [0.4, 0.5) is 0 Å². The quantitative estimate of drug-likeness (QED) is 0.663. The first-order valence-corrected chi connectivity index (χ1v) is 4.48. The summed E-state index contributed by atoms with van der Waals surface area (Å²) in [5.74, 6) is 0.877. The van der Waals surface area contributed by atoms with Gasteiger partial charge in [-0.2, -0.15) is 0 Å². The highest BCUT2D eigenvalue weighted by Gasteiger charge is 2.06. The number of rotatable bonds is 4.